The molecule has 0 unspecified atom stereocenters. The summed E-state index contributed by atoms with van der Waals surface area (Å²) < 4.78 is 45.3. The number of carbonyl (C=O) groups excluding carboxylic acids is 2. The lowest BCUT2D eigenvalue weighted by Crippen LogP contribution is -2.27. The number of carbonyl (C=O) groups is 2. The Balaban J connectivity index is 1.54. The van der Waals surface area contributed by atoms with E-state index in [9.17, 15) is 32.9 Å². The number of amides is 2. The Morgan fingerprint density at radius 2 is 1.73 bits per heavy atom. The van der Waals surface area contributed by atoms with Gasteiger partial charge in [0.25, 0.3) is 16.8 Å². The van der Waals surface area contributed by atoms with E-state index in [1.807, 2.05) is 0 Å². The molecule has 0 bridgehead atoms. The van der Waals surface area contributed by atoms with Crippen molar-refractivity contribution in [1.29, 1.82) is 0 Å². The second kappa shape index (κ2) is 8.58. The van der Waals surface area contributed by atoms with Gasteiger partial charge in [-0.2, -0.15) is 13.2 Å². The number of furan rings is 1. The van der Waals surface area contributed by atoms with Crippen LogP contribution in [-0.2, 0) is 17.5 Å². The molecular formula is C22H13F3N2O5S. The first-order valence-electron chi connectivity index (χ1n) is 9.38. The van der Waals surface area contributed by atoms with Gasteiger partial charge in [-0.3, -0.25) is 24.6 Å². The van der Waals surface area contributed by atoms with Gasteiger partial charge in [-0.25, -0.2) is 0 Å². The number of nitro benzene ring substituents is 1. The van der Waals surface area contributed by atoms with Crippen LogP contribution in [0.4, 0.5) is 23.7 Å². The van der Waals surface area contributed by atoms with Gasteiger partial charge in [-0.15, -0.1) is 0 Å². The molecule has 3 aromatic rings. The molecule has 0 saturated carbocycles. The number of nitro groups is 1. The van der Waals surface area contributed by atoms with Gasteiger partial charge in [0, 0.05) is 23.8 Å². The average molecular weight is 474 g/mol. The molecule has 0 N–H and O–H groups in total. The van der Waals surface area contributed by atoms with Crippen LogP contribution in [0.3, 0.4) is 0 Å². The molecule has 33 heavy (non-hydrogen) atoms. The van der Waals surface area contributed by atoms with Crippen LogP contribution >= 0.6 is 11.8 Å². The highest BCUT2D eigenvalue weighted by atomic mass is 32.2. The van der Waals surface area contributed by atoms with E-state index in [-0.39, 0.29) is 34.2 Å². The zero-order valence-electron chi connectivity index (χ0n) is 16.5. The molecule has 2 amide bonds. The third-order valence-corrected chi connectivity index (χ3v) is 5.67. The number of alkyl halides is 3. The van der Waals surface area contributed by atoms with E-state index in [0.29, 0.717) is 17.3 Å². The largest absolute Gasteiger partial charge is 0.457 e. The Morgan fingerprint density at radius 3 is 2.39 bits per heavy atom. The smallest absolute Gasteiger partial charge is 0.417 e. The highest BCUT2D eigenvalue weighted by Gasteiger charge is 2.36. The van der Waals surface area contributed by atoms with Crippen molar-refractivity contribution in [3.05, 3.63) is 92.6 Å². The van der Waals surface area contributed by atoms with Crippen molar-refractivity contribution < 1.29 is 32.1 Å². The number of hydrogen-bond donors (Lipinski definition) is 0. The van der Waals surface area contributed by atoms with Gasteiger partial charge in [0.2, 0.25) is 0 Å². The summed E-state index contributed by atoms with van der Waals surface area (Å²) in [4.78, 5) is 36.2. The number of nitrogens with zero attached hydrogens (tertiary/aromatic N) is 2. The van der Waals surface area contributed by atoms with Gasteiger partial charge in [0.15, 0.2) is 0 Å². The number of rotatable bonds is 5. The fraction of sp³-hybridized carbons (Fsp3) is 0.0909. The van der Waals surface area contributed by atoms with Crippen LogP contribution in [0, 0.1) is 10.1 Å². The van der Waals surface area contributed by atoms with E-state index in [0.717, 1.165) is 11.0 Å². The number of hydrogen-bond acceptors (Lipinski definition) is 6. The SMILES string of the molecule is O=C1S/C(=C/c2ccc(-c3ccccc3C(F)(F)F)o2)C(=O)N1Cc1ccc([N+](=O)[O-])cc1. The average Bonchev–Trinajstić information content (AvgIpc) is 3.34. The molecule has 0 atom stereocenters. The summed E-state index contributed by atoms with van der Waals surface area (Å²) >= 11 is 0.667. The predicted molar refractivity (Wildman–Crippen MR) is 114 cm³/mol. The lowest BCUT2D eigenvalue weighted by molar-refractivity contribution is -0.384. The molecule has 1 fully saturated rings. The summed E-state index contributed by atoms with van der Waals surface area (Å²) in [6, 6.07) is 13.2. The standard InChI is InChI=1S/C22H13F3N2O5S/c23-22(24,25)17-4-2-1-3-16(17)18-10-9-15(32-18)11-19-20(28)26(21(29)33-19)12-13-5-7-14(8-6-13)27(30)31/h1-11H,12H2/b19-11+. The minimum absolute atomic E-state index is 0.0284. The molecule has 1 aromatic heterocycles. The maximum atomic E-state index is 13.3. The molecule has 0 aliphatic carbocycles. The normalized spacial score (nSPS) is 15.5. The molecular weight excluding hydrogens is 461 g/mol. The number of imide groups is 1. The summed E-state index contributed by atoms with van der Waals surface area (Å²) in [5, 5.41) is 10.2. The predicted octanol–water partition coefficient (Wildman–Crippen LogP) is 6.11. The minimum atomic E-state index is -4.57. The molecule has 7 nitrogen and oxygen atoms in total. The van der Waals surface area contributed by atoms with E-state index in [1.54, 1.807) is 0 Å². The fourth-order valence-corrected chi connectivity index (χ4v) is 4.01. The highest BCUT2D eigenvalue weighted by molar-refractivity contribution is 8.18. The third-order valence-electron chi connectivity index (χ3n) is 4.76. The van der Waals surface area contributed by atoms with Gasteiger partial charge in [-0.1, -0.05) is 30.3 Å². The van der Waals surface area contributed by atoms with Crippen molar-refractivity contribution in [3.63, 3.8) is 0 Å². The van der Waals surface area contributed by atoms with Crippen LogP contribution in [0.5, 0.6) is 0 Å². The lowest BCUT2D eigenvalue weighted by atomic mass is 10.1. The van der Waals surface area contributed by atoms with E-state index in [4.69, 9.17) is 4.42 Å². The summed E-state index contributed by atoms with van der Waals surface area (Å²) in [7, 11) is 0. The summed E-state index contributed by atoms with van der Waals surface area (Å²) in [6.07, 6.45) is -3.27. The van der Waals surface area contributed by atoms with Crippen molar-refractivity contribution in [2.24, 2.45) is 0 Å². The van der Waals surface area contributed by atoms with Gasteiger partial charge in [0.1, 0.15) is 11.5 Å². The zero-order valence-corrected chi connectivity index (χ0v) is 17.4. The molecule has 1 aliphatic heterocycles. The van der Waals surface area contributed by atoms with Crippen LogP contribution in [-0.4, -0.2) is 21.0 Å². The van der Waals surface area contributed by atoms with Gasteiger partial charge >= 0.3 is 6.18 Å². The van der Waals surface area contributed by atoms with Crippen molar-refractivity contribution in [2.75, 3.05) is 0 Å². The molecule has 168 valence electrons. The topological polar surface area (TPSA) is 93.7 Å². The quantitative estimate of drug-likeness (QED) is 0.252. The van der Waals surface area contributed by atoms with Gasteiger partial charge < -0.3 is 4.42 Å². The maximum absolute atomic E-state index is 13.3. The second-order valence-electron chi connectivity index (χ2n) is 6.94. The van der Waals surface area contributed by atoms with Crippen molar-refractivity contribution in [1.82, 2.24) is 4.90 Å². The van der Waals surface area contributed by atoms with Crippen LogP contribution in [0.1, 0.15) is 16.9 Å². The second-order valence-corrected chi connectivity index (χ2v) is 7.93. The number of non-ortho nitro benzene ring substituents is 1. The van der Waals surface area contributed by atoms with Crippen molar-refractivity contribution >= 4 is 34.7 Å². The Kier molecular flexibility index (Phi) is 5.81. The molecule has 0 spiro atoms. The first-order valence-corrected chi connectivity index (χ1v) is 10.2. The number of benzene rings is 2. The number of thioether (sulfide) groups is 1. The Hall–Kier alpha value is -3.86. The number of halogens is 3. The first-order chi connectivity index (χ1) is 15.6. The van der Waals surface area contributed by atoms with Gasteiger partial charge in [-0.05, 0) is 35.5 Å². The fourth-order valence-electron chi connectivity index (χ4n) is 3.19. The molecule has 1 saturated heterocycles. The summed E-state index contributed by atoms with van der Waals surface area (Å²) in [6.45, 7) is -0.0810. The first kappa shape index (κ1) is 22.3. The highest BCUT2D eigenvalue weighted by Crippen LogP contribution is 2.38. The molecule has 11 heteroatoms. The third kappa shape index (κ3) is 4.67. The van der Waals surface area contributed by atoms with Crippen molar-refractivity contribution in [3.8, 4) is 11.3 Å². The van der Waals surface area contributed by atoms with Crippen LogP contribution in [0.15, 0.2) is 70.0 Å². The Morgan fingerprint density at radius 1 is 1.03 bits per heavy atom. The maximum Gasteiger partial charge on any atom is 0.417 e. The van der Waals surface area contributed by atoms with E-state index in [2.05, 4.69) is 0 Å². The van der Waals surface area contributed by atoms with E-state index < -0.39 is 27.8 Å². The summed E-state index contributed by atoms with van der Waals surface area (Å²) in [5.74, 6) is -0.515. The van der Waals surface area contributed by atoms with E-state index >= 15 is 0 Å². The Labute approximate surface area is 188 Å². The zero-order chi connectivity index (χ0) is 23.8. The minimum Gasteiger partial charge on any atom is -0.457 e. The molecule has 2 aromatic carbocycles. The van der Waals surface area contributed by atoms with Crippen LogP contribution < -0.4 is 0 Å². The molecule has 0 radical (unpaired) electrons. The molecule has 2 heterocycles. The lowest BCUT2D eigenvalue weighted by Gasteiger charge is -2.12. The summed E-state index contributed by atoms with van der Waals surface area (Å²) in [5.41, 5.74) is -0.591. The van der Waals surface area contributed by atoms with Crippen LogP contribution in [0.25, 0.3) is 17.4 Å². The monoisotopic (exact) mass is 474 g/mol. The molecule has 1 aliphatic rings. The van der Waals surface area contributed by atoms with E-state index in [1.165, 1.54) is 60.7 Å². The Bertz CT molecular complexity index is 1280. The van der Waals surface area contributed by atoms with Crippen LogP contribution in [0.2, 0.25) is 0 Å². The van der Waals surface area contributed by atoms with Crippen molar-refractivity contribution in [2.45, 2.75) is 12.7 Å². The molecule has 4 rings (SSSR count). The van der Waals surface area contributed by atoms with Gasteiger partial charge in [0.05, 0.1) is 21.9 Å².